The molecule has 5 rings (SSSR count). The van der Waals surface area contributed by atoms with Gasteiger partial charge in [0.15, 0.2) is 16.9 Å². The van der Waals surface area contributed by atoms with E-state index in [1.807, 2.05) is 24.3 Å². The van der Waals surface area contributed by atoms with E-state index in [1.165, 1.54) is 7.11 Å². The number of phenolic OH excluding ortho intramolecular Hbond substituents is 1. The maximum atomic E-state index is 13.6. The van der Waals surface area contributed by atoms with E-state index in [2.05, 4.69) is 15.9 Å². The minimum Gasteiger partial charge on any atom is -0.503 e. The highest BCUT2D eigenvalue weighted by Gasteiger charge is 2.43. The van der Waals surface area contributed by atoms with Gasteiger partial charge < -0.3 is 23.9 Å². The summed E-state index contributed by atoms with van der Waals surface area (Å²) >= 11 is 3.35. The largest absolute Gasteiger partial charge is 0.503 e. The van der Waals surface area contributed by atoms with Crippen molar-refractivity contribution in [1.29, 1.82) is 0 Å². The molecule has 0 saturated heterocycles. The number of carbonyl (C=O) groups is 1. The molecule has 1 amide bonds. The Kier molecular flexibility index (Phi) is 5.53. The van der Waals surface area contributed by atoms with Gasteiger partial charge >= 0.3 is 0 Å². The van der Waals surface area contributed by atoms with Crippen LogP contribution in [0.15, 0.2) is 74.3 Å². The summed E-state index contributed by atoms with van der Waals surface area (Å²) in [6.45, 7) is 0.230. The van der Waals surface area contributed by atoms with Crippen molar-refractivity contribution in [3.8, 4) is 17.2 Å². The number of carbonyl (C=O) groups excluding carboxylic acids is 1. The van der Waals surface area contributed by atoms with Crippen molar-refractivity contribution < 1.29 is 23.8 Å². The third kappa shape index (κ3) is 3.51. The van der Waals surface area contributed by atoms with E-state index in [1.54, 1.807) is 48.4 Å². The zero-order valence-corrected chi connectivity index (χ0v) is 20.0. The lowest BCUT2D eigenvalue weighted by Gasteiger charge is -2.26. The van der Waals surface area contributed by atoms with Gasteiger partial charge in [-0.05, 0) is 63.5 Å². The lowest BCUT2D eigenvalue weighted by atomic mass is 9.97. The molecule has 0 aliphatic carbocycles. The van der Waals surface area contributed by atoms with E-state index < -0.39 is 6.04 Å². The first-order valence-electron chi connectivity index (χ1n) is 10.5. The average molecular weight is 522 g/mol. The number of hydrogen-bond donors (Lipinski definition) is 1. The number of halogens is 1. The fourth-order valence-electron chi connectivity index (χ4n) is 4.31. The number of phenols is 1. The van der Waals surface area contributed by atoms with Crippen LogP contribution in [0.25, 0.3) is 11.0 Å². The predicted octanol–water partition coefficient (Wildman–Crippen LogP) is 5.02. The molecule has 0 fully saturated rings. The zero-order chi connectivity index (χ0) is 24.0. The zero-order valence-electron chi connectivity index (χ0n) is 18.4. The molecule has 1 atom stereocenters. The van der Waals surface area contributed by atoms with Crippen molar-refractivity contribution in [2.75, 3.05) is 14.2 Å². The normalized spacial score (nSPS) is 15.0. The predicted molar refractivity (Wildman–Crippen MR) is 130 cm³/mol. The van der Waals surface area contributed by atoms with Crippen molar-refractivity contribution in [1.82, 2.24) is 4.90 Å². The summed E-state index contributed by atoms with van der Waals surface area (Å²) in [6.07, 6.45) is 0. The van der Waals surface area contributed by atoms with Gasteiger partial charge in [-0.25, -0.2) is 0 Å². The standard InChI is InChI=1S/C26H20BrNO6/c1-32-16-9-7-14(8-10-16)13-28-22(15-11-18(27)24(30)20(12-15)33-2)21-23(29)17-5-3-4-6-19(17)34-25(21)26(28)31/h3-12,22,30H,13H2,1-2H3. The lowest BCUT2D eigenvalue weighted by Crippen LogP contribution is -2.29. The molecule has 3 aromatic carbocycles. The number of nitrogens with zero attached hydrogens (tertiary/aromatic N) is 1. The molecule has 0 bridgehead atoms. The molecule has 1 aliphatic rings. The molecule has 4 aromatic rings. The Morgan fingerprint density at radius 3 is 2.47 bits per heavy atom. The number of aromatic hydroxyl groups is 1. The molecule has 0 saturated carbocycles. The summed E-state index contributed by atoms with van der Waals surface area (Å²) in [6, 6.07) is 16.8. The first-order valence-corrected chi connectivity index (χ1v) is 11.3. The summed E-state index contributed by atoms with van der Waals surface area (Å²) in [5, 5.41) is 10.7. The summed E-state index contributed by atoms with van der Waals surface area (Å²) in [5.74, 6) is 0.488. The maximum Gasteiger partial charge on any atom is 0.291 e. The van der Waals surface area contributed by atoms with Crippen LogP contribution < -0.4 is 14.9 Å². The smallest absolute Gasteiger partial charge is 0.291 e. The molecular formula is C26H20BrNO6. The highest BCUT2D eigenvalue weighted by atomic mass is 79.9. The summed E-state index contributed by atoms with van der Waals surface area (Å²) in [4.78, 5) is 28.8. The van der Waals surface area contributed by atoms with E-state index in [-0.39, 0.29) is 40.7 Å². The lowest BCUT2D eigenvalue weighted by molar-refractivity contribution is 0.0714. The fraction of sp³-hybridized carbons (Fsp3) is 0.154. The van der Waals surface area contributed by atoms with E-state index in [0.717, 1.165) is 5.56 Å². The Labute approximate surface area is 203 Å². The number of hydrogen-bond acceptors (Lipinski definition) is 6. The van der Waals surface area contributed by atoms with Crippen molar-refractivity contribution in [3.63, 3.8) is 0 Å². The third-order valence-corrected chi connectivity index (χ3v) is 6.58. The van der Waals surface area contributed by atoms with Gasteiger partial charge in [-0.1, -0.05) is 24.3 Å². The topological polar surface area (TPSA) is 89.2 Å². The van der Waals surface area contributed by atoms with Crippen LogP contribution in [0.2, 0.25) is 0 Å². The number of rotatable bonds is 5. The summed E-state index contributed by atoms with van der Waals surface area (Å²) in [5.41, 5.74) is 1.81. The number of methoxy groups -OCH3 is 2. The van der Waals surface area contributed by atoms with Crippen molar-refractivity contribution in [3.05, 3.63) is 97.8 Å². The van der Waals surface area contributed by atoms with E-state index in [0.29, 0.717) is 26.8 Å². The molecular weight excluding hydrogens is 502 g/mol. The van der Waals surface area contributed by atoms with Crippen molar-refractivity contribution >= 4 is 32.8 Å². The van der Waals surface area contributed by atoms with Crippen LogP contribution in [0.1, 0.15) is 33.3 Å². The summed E-state index contributed by atoms with van der Waals surface area (Å²) < 4.78 is 16.9. The molecule has 1 N–H and O–H groups in total. The Morgan fingerprint density at radius 1 is 1.03 bits per heavy atom. The Hall–Kier alpha value is -3.78. The van der Waals surface area contributed by atoms with Crippen molar-refractivity contribution in [2.24, 2.45) is 0 Å². The molecule has 1 aliphatic heterocycles. The van der Waals surface area contributed by atoms with Gasteiger partial charge in [-0.15, -0.1) is 0 Å². The second-order valence-corrected chi connectivity index (χ2v) is 8.76. The van der Waals surface area contributed by atoms with Crippen LogP contribution in [0.4, 0.5) is 0 Å². The molecule has 1 unspecified atom stereocenters. The van der Waals surface area contributed by atoms with E-state index in [4.69, 9.17) is 13.9 Å². The van der Waals surface area contributed by atoms with Crippen LogP contribution in [-0.2, 0) is 6.54 Å². The number of ether oxygens (including phenoxy) is 2. The van der Waals surface area contributed by atoms with Crippen LogP contribution in [0, 0.1) is 0 Å². The quantitative estimate of drug-likeness (QED) is 0.396. The van der Waals surface area contributed by atoms with Gasteiger partial charge in [0, 0.05) is 6.54 Å². The van der Waals surface area contributed by atoms with Gasteiger partial charge in [-0.2, -0.15) is 0 Å². The molecule has 0 radical (unpaired) electrons. The Morgan fingerprint density at radius 2 is 1.76 bits per heavy atom. The van der Waals surface area contributed by atoms with Gasteiger partial charge in [-0.3, -0.25) is 9.59 Å². The average Bonchev–Trinajstić information content (AvgIpc) is 3.13. The van der Waals surface area contributed by atoms with Crippen LogP contribution in [0.5, 0.6) is 17.2 Å². The fourth-order valence-corrected chi connectivity index (χ4v) is 4.77. The number of benzene rings is 3. The van der Waals surface area contributed by atoms with Crippen LogP contribution in [0.3, 0.4) is 0 Å². The van der Waals surface area contributed by atoms with E-state index in [9.17, 15) is 14.7 Å². The molecule has 34 heavy (non-hydrogen) atoms. The second kappa shape index (κ2) is 8.53. The number of para-hydroxylation sites is 1. The van der Waals surface area contributed by atoms with Crippen LogP contribution in [-0.4, -0.2) is 30.1 Å². The highest BCUT2D eigenvalue weighted by molar-refractivity contribution is 9.10. The number of amides is 1. The molecule has 2 heterocycles. The van der Waals surface area contributed by atoms with Gasteiger partial charge in [0.25, 0.3) is 5.91 Å². The monoisotopic (exact) mass is 521 g/mol. The van der Waals surface area contributed by atoms with Gasteiger partial charge in [0.05, 0.1) is 35.7 Å². The van der Waals surface area contributed by atoms with Gasteiger partial charge in [0.2, 0.25) is 5.76 Å². The Bertz CT molecular complexity index is 1480. The molecule has 172 valence electrons. The molecule has 8 heteroatoms. The number of fused-ring (bicyclic) bond motifs is 2. The second-order valence-electron chi connectivity index (χ2n) is 7.91. The van der Waals surface area contributed by atoms with E-state index >= 15 is 0 Å². The third-order valence-electron chi connectivity index (χ3n) is 5.97. The highest BCUT2D eigenvalue weighted by Crippen LogP contribution is 2.44. The molecule has 1 aromatic heterocycles. The SMILES string of the molecule is COc1ccc(CN2C(=O)c3oc4ccccc4c(=O)c3C2c2cc(Br)c(O)c(OC)c2)cc1. The first-order chi connectivity index (χ1) is 16.4. The molecule has 0 spiro atoms. The van der Waals surface area contributed by atoms with Crippen molar-refractivity contribution in [2.45, 2.75) is 12.6 Å². The minimum atomic E-state index is -0.740. The minimum absolute atomic E-state index is 0.0189. The maximum absolute atomic E-state index is 13.6. The molecule has 7 nitrogen and oxygen atoms in total. The first kappa shape index (κ1) is 22.0. The summed E-state index contributed by atoms with van der Waals surface area (Å²) in [7, 11) is 3.03. The Balaban J connectivity index is 1.72. The van der Waals surface area contributed by atoms with Gasteiger partial charge in [0.1, 0.15) is 11.3 Å². The van der Waals surface area contributed by atoms with Crippen LogP contribution >= 0.6 is 15.9 Å².